The number of carbonyl (C=O) groups is 1. The Hall–Kier alpha value is -0.530. The summed E-state index contributed by atoms with van der Waals surface area (Å²) in [6, 6.07) is 0.764. The molecule has 0 radical (unpaired) electrons. The number of nitrogens with zero attached hydrogens (tertiary/aromatic N) is 2. The van der Waals surface area contributed by atoms with E-state index in [0.717, 1.165) is 57.7 Å². The molecule has 130 valence electrons. The summed E-state index contributed by atoms with van der Waals surface area (Å²) in [5.74, 6) is 1.20. The molecule has 1 aliphatic heterocycles. The minimum Gasteiger partial charge on any atom is -0.357 e. The van der Waals surface area contributed by atoms with E-state index in [4.69, 9.17) is 0 Å². The lowest BCUT2D eigenvalue weighted by Crippen LogP contribution is -2.42. The molecule has 6 heteroatoms. The summed E-state index contributed by atoms with van der Waals surface area (Å²) in [4.78, 5) is 18.5. The van der Waals surface area contributed by atoms with E-state index in [1.54, 1.807) is 0 Å². The molecule has 1 fully saturated rings. The van der Waals surface area contributed by atoms with Crippen molar-refractivity contribution >= 4 is 35.8 Å². The molecule has 0 spiro atoms. The standard InChI is InChI=1S/C16H32N4O.HI/c1-5-13(4)19-16(17-7-3)18-11-10-14(6-2)20-12-8-9-15(20)21;/h13-14H,5-12H2,1-4H3,(H2,17,18,19);1H. The molecule has 22 heavy (non-hydrogen) atoms. The average molecular weight is 424 g/mol. The van der Waals surface area contributed by atoms with Gasteiger partial charge in [-0.3, -0.25) is 9.79 Å². The summed E-state index contributed by atoms with van der Waals surface area (Å²) >= 11 is 0. The number of guanidine groups is 1. The van der Waals surface area contributed by atoms with Crippen LogP contribution in [0.3, 0.4) is 0 Å². The number of aliphatic imine (C=N–C) groups is 1. The third-order valence-electron chi connectivity index (χ3n) is 4.09. The molecular formula is C16H33IN4O. The predicted molar refractivity (Wildman–Crippen MR) is 104 cm³/mol. The van der Waals surface area contributed by atoms with Crippen LogP contribution in [0, 0.1) is 0 Å². The molecule has 1 aliphatic rings. The topological polar surface area (TPSA) is 56.7 Å². The largest absolute Gasteiger partial charge is 0.357 e. The van der Waals surface area contributed by atoms with E-state index in [0.29, 0.717) is 18.0 Å². The number of hydrogen-bond acceptors (Lipinski definition) is 2. The molecule has 0 aromatic rings. The van der Waals surface area contributed by atoms with Gasteiger partial charge < -0.3 is 15.5 Å². The van der Waals surface area contributed by atoms with E-state index in [1.807, 2.05) is 4.90 Å². The predicted octanol–water partition coefficient (Wildman–Crippen LogP) is 2.75. The number of amides is 1. The zero-order valence-corrected chi connectivity index (χ0v) is 16.9. The van der Waals surface area contributed by atoms with Gasteiger partial charge in [-0.2, -0.15) is 0 Å². The molecule has 1 heterocycles. The molecule has 1 amide bonds. The lowest BCUT2D eigenvalue weighted by atomic mass is 10.1. The summed E-state index contributed by atoms with van der Waals surface area (Å²) in [6.45, 7) is 11.1. The fourth-order valence-electron chi connectivity index (χ4n) is 2.62. The van der Waals surface area contributed by atoms with E-state index >= 15 is 0 Å². The normalized spacial score (nSPS) is 17.9. The molecule has 2 N–H and O–H groups in total. The van der Waals surface area contributed by atoms with Crippen molar-refractivity contribution in [2.75, 3.05) is 19.6 Å². The highest BCUT2D eigenvalue weighted by molar-refractivity contribution is 14.0. The van der Waals surface area contributed by atoms with Crippen molar-refractivity contribution in [2.45, 2.75) is 71.9 Å². The lowest BCUT2D eigenvalue weighted by Gasteiger charge is -2.26. The van der Waals surface area contributed by atoms with E-state index in [2.05, 4.69) is 43.3 Å². The first-order valence-corrected chi connectivity index (χ1v) is 8.46. The van der Waals surface area contributed by atoms with Crippen molar-refractivity contribution in [2.24, 2.45) is 4.99 Å². The molecule has 0 saturated carbocycles. The van der Waals surface area contributed by atoms with E-state index in [1.165, 1.54) is 0 Å². The van der Waals surface area contributed by atoms with Crippen molar-refractivity contribution < 1.29 is 4.79 Å². The first kappa shape index (κ1) is 21.5. The SMILES string of the molecule is CCNC(=NCCC(CC)N1CCCC1=O)NC(C)CC.I. The maximum Gasteiger partial charge on any atom is 0.222 e. The van der Waals surface area contributed by atoms with Crippen molar-refractivity contribution in [3.05, 3.63) is 0 Å². The molecule has 5 nitrogen and oxygen atoms in total. The number of carbonyl (C=O) groups excluding carboxylic acids is 1. The third kappa shape index (κ3) is 7.15. The first-order chi connectivity index (χ1) is 10.1. The smallest absolute Gasteiger partial charge is 0.222 e. The quantitative estimate of drug-likeness (QED) is 0.358. The van der Waals surface area contributed by atoms with Gasteiger partial charge in [-0.1, -0.05) is 13.8 Å². The van der Waals surface area contributed by atoms with Gasteiger partial charge in [0.2, 0.25) is 5.91 Å². The van der Waals surface area contributed by atoms with Crippen LogP contribution in [0.15, 0.2) is 4.99 Å². The Bertz CT molecular complexity index is 349. The van der Waals surface area contributed by atoms with Crippen LogP contribution in [-0.4, -0.2) is 48.5 Å². The van der Waals surface area contributed by atoms with Gasteiger partial charge in [0.15, 0.2) is 5.96 Å². The summed E-state index contributed by atoms with van der Waals surface area (Å²) in [7, 11) is 0. The molecule has 0 bridgehead atoms. The van der Waals surface area contributed by atoms with Crippen LogP contribution >= 0.6 is 24.0 Å². The number of hydrogen-bond donors (Lipinski definition) is 2. The van der Waals surface area contributed by atoms with Crippen LogP contribution < -0.4 is 10.6 Å². The summed E-state index contributed by atoms with van der Waals surface area (Å²) < 4.78 is 0. The van der Waals surface area contributed by atoms with E-state index in [9.17, 15) is 4.79 Å². The molecule has 0 aromatic carbocycles. The van der Waals surface area contributed by atoms with E-state index in [-0.39, 0.29) is 24.0 Å². The Kier molecular flexibility index (Phi) is 11.7. The minimum atomic E-state index is 0. The van der Waals surface area contributed by atoms with Gasteiger partial charge >= 0.3 is 0 Å². The highest BCUT2D eigenvalue weighted by Gasteiger charge is 2.26. The maximum absolute atomic E-state index is 11.8. The molecule has 2 atom stereocenters. The molecule has 0 aliphatic carbocycles. The zero-order chi connectivity index (χ0) is 15.7. The second kappa shape index (κ2) is 12.0. The van der Waals surface area contributed by atoms with Crippen LogP contribution in [0.25, 0.3) is 0 Å². The van der Waals surface area contributed by atoms with Crippen LogP contribution in [-0.2, 0) is 4.79 Å². The van der Waals surface area contributed by atoms with Gasteiger partial charge in [-0.15, -0.1) is 24.0 Å². The molecule has 1 saturated heterocycles. The van der Waals surface area contributed by atoms with Crippen molar-refractivity contribution in [3.8, 4) is 0 Å². The van der Waals surface area contributed by atoms with Gasteiger partial charge in [-0.25, -0.2) is 0 Å². The Morgan fingerprint density at radius 2 is 2.05 bits per heavy atom. The van der Waals surface area contributed by atoms with Crippen LogP contribution in [0.4, 0.5) is 0 Å². The van der Waals surface area contributed by atoms with Gasteiger partial charge in [0.05, 0.1) is 0 Å². The Balaban J connectivity index is 0.00000441. The fraction of sp³-hybridized carbons (Fsp3) is 0.875. The molecular weight excluding hydrogens is 391 g/mol. The molecule has 1 rings (SSSR count). The summed E-state index contributed by atoms with van der Waals surface area (Å²) in [5, 5.41) is 6.67. The highest BCUT2D eigenvalue weighted by Crippen LogP contribution is 2.17. The van der Waals surface area contributed by atoms with Crippen LogP contribution in [0.5, 0.6) is 0 Å². The lowest BCUT2D eigenvalue weighted by molar-refractivity contribution is -0.129. The van der Waals surface area contributed by atoms with Gasteiger partial charge in [-0.05, 0) is 39.5 Å². The van der Waals surface area contributed by atoms with Gasteiger partial charge in [0.25, 0.3) is 0 Å². The summed E-state index contributed by atoms with van der Waals surface area (Å²) in [6.07, 6.45) is 4.76. The molecule has 0 aromatic heterocycles. The zero-order valence-electron chi connectivity index (χ0n) is 14.5. The highest BCUT2D eigenvalue weighted by atomic mass is 127. The first-order valence-electron chi connectivity index (χ1n) is 8.46. The minimum absolute atomic E-state index is 0. The van der Waals surface area contributed by atoms with E-state index < -0.39 is 0 Å². The fourth-order valence-corrected chi connectivity index (χ4v) is 2.62. The number of rotatable bonds is 8. The van der Waals surface area contributed by atoms with Crippen molar-refractivity contribution in [1.82, 2.24) is 15.5 Å². The van der Waals surface area contributed by atoms with Crippen molar-refractivity contribution in [3.63, 3.8) is 0 Å². The Morgan fingerprint density at radius 1 is 1.32 bits per heavy atom. The average Bonchev–Trinajstić information content (AvgIpc) is 2.89. The third-order valence-corrected chi connectivity index (χ3v) is 4.09. The Morgan fingerprint density at radius 3 is 2.55 bits per heavy atom. The number of likely N-dealkylation sites (tertiary alicyclic amines) is 1. The van der Waals surface area contributed by atoms with Crippen LogP contribution in [0.1, 0.15) is 59.8 Å². The second-order valence-electron chi connectivity index (χ2n) is 5.76. The monoisotopic (exact) mass is 424 g/mol. The number of halogens is 1. The van der Waals surface area contributed by atoms with Gasteiger partial charge in [0.1, 0.15) is 0 Å². The Labute approximate surface area is 152 Å². The van der Waals surface area contributed by atoms with Crippen LogP contribution in [0.2, 0.25) is 0 Å². The van der Waals surface area contributed by atoms with Crippen molar-refractivity contribution in [1.29, 1.82) is 0 Å². The van der Waals surface area contributed by atoms with Gasteiger partial charge in [0, 0.05) is 38.1 Å². The maximum atomic E-state index is 11.8. The number of nitrogens with one attached hydrogen (secondary N) is 2. The molecule has 2 unspecified atom stereocenters. The summed E-state index contributed by atoms with van der Waals surface area (Å²) in [5.41, 5.74) is 0. The second-order valence-corrected chi connectivity index (χ2v) is 5.76.